The van der Waals surface area contributed by atoms with Gasteiger partial charge in [-0.15, -0.1) is 0 Å². The van der Waals surface area contributed by atoms with Gasteiger partial charge in [-0.25, -0.2) is 0 Å². The van der Waals surface area contributed by atoms with E-state index in [0.29, 0.717) is 0 Å². The van der Waals surface area contributed by atoms with Crippen LogP contribution < -0.4 is 5.32 Å². The van der Waals surface area contributed by atoms with Crippen molar-refractivity contribution in [2.75, 3.05) is 26.2 Å². The molecular weight excluding hydrogens is 160 g/mol. The van der Waals surface area contributed by atoms with Gasteiger partial charge in [-0.3, -0.25) is 0 Å². The van der Waals surface area contributed by atoms with Crippen molar-refractivity contribution in [3.8, 4) is 0 Å². The van der Waals surface area contributed by atoms with Crippen molar-refractivity contribution in [1.29, 1.82) is 0 Å². The summed E-state index contributed by atoms with van der Waals surface area (Å²) in [6.07, 6.45) is 2.83. The molecule has 0 radical (unpaired) electrons. The third kappa shape index (κ3) is 2.05. The number of piperidine rings is 1. The lowest BCUT2D eigenvalue weighted by molar-refractivity contribution is 0.0218. The summed E-state index contributed by atoms with van der Waals surface area (Å²) in [4.78, 5) is 2.59. The summed E-state index contributed by atoms with van der Waals surface area (Å²) in [7, 11) is 0. The van der Waals surface area contributed by atoms with E-state index in [-0.39, 0.29) is 0 Å². The van der Waals surface area contributed by atoms with Crippen LogP contribution in [0.3, 0.4) is 0 Å². The summed E-state index contributed by atoms with van der Waals surface area (Å²) in [6, 6.07) is 0.762. The monoisotopic (exact) mass is 182 g/mol. The van der Waals surface area contributed by atoms with Crippen LogP contribution in [0.1, 0.15) is 26.7 Å². The number of rotatable bonds is 2. The fourth-order valence-electron chi connectivity index (χ4n) is 2.58. The highest BCUT2D eigenvalue weighted by atomic mass is 15.2. The molecule has 2 aliphatic heterocycles. The predicted octanol–water partition coefficient (Wildman–Crippen LogP) is 1.33. The Balaban J connectivity index is 1.72. The second-order valence-corrected chi connectivity index (χ2v) is 4.90. The van der Waals surface area contributed by atoms with Gasteiger partial charge in [-0.2, -0.15) is 0 Å². The van der Waals surface area contributed by atoms with E-state index in [1.54, 1.807) is 0 Å². The molecule has 2 aliphatic rings. The maximum absolute atomic E-state index is 3.44. The van der Waals surface area contributed by atoms with Gasteiger partial charge in [-0.1, -0.05) is 0 Å². The van der Waals surface area contributed by atoms with Crippen LogP contribution in [-0.4, -0.2) is 37.1 Å². The van der Waals surface area contributed by atoms with E-state index in [1.807, 2.05) is 0 Å². The van der Waals surface area contributed by atoms with Crippen molar-refractivity contribution in [2.45, 2.75) is 32.7 Å². The minimum absolute atomic E-state index is 0.762. The second kappa shape index (κ2) is 3.97. The predicted molar refractivity (Wildman–Crippen MR) is 55.8 cm³/mol. The zero-order valence-electron chi connectivity index (χ0n) is 8.92. The molecule has 2 rings (SSSR count). The summed E-state index contributed by atoms with van der Waals surface area (Å²) in [5.74, 6) is 2.04. The molecule has 1 N–H and O–H groups in total. The molecule has 0 atom stereocenters. The van der Waals surface area contributed by atoms with Crippen LogP contribution in [-0.2, 0) is 0 Å². The highest BCUT2D eigenvalue weighted by molar-refractivity contribution is 4.88. The van der Waals surface area contributed by atoms with E-state index in [4.69, 9.17) is 0 Å². The number of likely N-dealkylation sites (tertiary alicyclic amines) is 1. The molecule has 76 valence electrons. The minimum atomic E-state index is 0.762. The Hall–Kier alpha value is -0.0800. The Kier molecular flexibility index (Phi) is 2.89. The lowest BCUT2D eigenvalue weighted by atomic mass is 9.79. The normalized spacial score (nSPS) is 27.9. The van der Waals surface area contributed by atoms with Gasteiger partial charge in [0.15, 0.2) is 0 Å². The molecule has 13 heavy (non-hydrogen) atoms. The lowest BCUT2D eigenvalue weighted by Gasteiger charge is -2.46. The Labute approximate surface area is 81.7 Å². The fraction of sp³-hybridized carbons (Fsp3) is 1.00. The summed E-state index contributed by atoms with van der Waals surface area (Å²) < 4.78 is 0. The van der Waals surface area contributed by atoms with E-state index in [2.05, 4.69) is 24.1 Å². The average Bonchev–Trinajstić information content (AvgIpc) is 2.02. The summed E-state index contributed by atoms with van der Waals surface area (Å²) in [5, 5.41) is 3.44. The molecule has 2 heteroatoms. The van der Waals surface area contributed by atoms with Crippen molar-refractivity contribution < 1.29 is 0 Å². The topological polar surface area (TPSA) is 15.3 Å². The first-order chi connectivity index (χ1) is 6.27. The van der Waals surface area contributed by atoms with E-state index < -0.39 is 0 Å². The number of nitrogens with zero attached hydrogens (tertiary/aromatic N) is 1. The Morgan fingerprint density at radius 3 is 2.23 bits per heavy atom. The maximum Gasteiger partial charge on any atom is 0.00388 e. The molecule has 0 amide bonds. The van der Waals surface area contributed by atoms with E-state index >= 15 is 0 Å². The number of nitrogens with one attached hydrogen (secondary N) is 1. The molecule has 0 aromatic carbocycles. The van der Waals surface area contributed by atoms with Gasteiger partial charge in [0.2, 0.25) is 0 Å². The number of hydrogen-bond donors (Lipinski definition) is 1. The van der Waals surface area contributed by atoms with Gasteiger partial charge in [0.05, 0.1) is 0 Å². The second-order valence-electron chi connectivity index (χ2n) is 4.90. The van der Waals surface area contributed by atoms with E-state index in [0.717, 1.165) is 17.9 Å². The van der Waals surface area contributed by atoms with Crippen LogP contribution in [0, 0.1) is 11.8 Å². The summed E-state index contributed by atoms with van der Waals surface area (Å²) >= 11 is 0. The maximum atomic E-state index is 3.44. The van der Waals surface area contributed by atoms with E-state index in [1.165, 1.54) is 39.0 Å². The molecule has 0 saturated carbocycles. The molecule has 0 bridgehead atoms. The van der Waals surface area contributed by atoms with Crippen LogP contribution >= 0.6 is 0 Å². The molecule has 0 aromatic rings. The SMILES string of the molecule is CC(C)N1CC(C2CCNCC2)C1. The molecule has 2 nitrogen and oxygen atoms in total. The van der Waals surface area contributed by atoms with Crippen LogP contribution in [0.4, 0.5) is 0 Å². The zero-order chi connectivity index (χ0) is 9.26. The minimum Gasteiger partial charge on any atom is -0.317 e. The van der Waals surface area contributed by atoms with Crippen molar-refractivity contribution in [1.82, 2.24) is 10.2 Å². The Bertz CT molecular complexity index is 155. The molecule has 2 heterocycles. The molecular formula is C11H22N2. The van der Waals surface area contributed by atoms with Crippen LogP contribution in [0.2, 0.25) is 0 Å². The molecule has 0 aliphatic carbocycles. The third-order valence-corrected chi connectivity index (χ3v) is 3.72. The Morgan fingerprint density at radius 1 is 1.08 bits per heavy atom. The molecule has 2 fully saturated rings. The smallest absolute Gasteiger partial charge is 0.00388 e. The molecule has 0 spiro atoms. The third-order valence-electron chi connectivity index (χ3n) is 3.72. The highest BCUT2D eigenvalue weighted by Gasteiger charge is 2.34. The quantitative estimate of drug-likeness (QED) is 0.693. The molecule has 0 unspecified atom stereocenters. The number of hydrogen-bond acceptors (Lipinski definition) is 2. The Morgan fingerprint density at radius 2 is 1.69 bits per heavy atom. The van der Waals surface area contributed by atoms with Gasteiger partial charge >= 0.3 is 0 Å². The van der Waals surface area contributed by atoms with Gasteiger partial charge in [0.25, 0.3) is 0 Å². The van der Waals surface area contributed by atoms with E-state index in [9.17, 15) is 0 Å². The molecule has 0 aromatic heterocycles. The van der Waals surface area contributed by atoms with Crippen molar-refractivity contribution in [3.05, 3.63) is 0 Å². The highest BCUT2D eigenvalue weighted by Crippen LogP contribution is 2.30. The molecule has 2 saturated heterocycles. The first-order valence-electron chi connectivity index (χ1n) is 5.72. The van der Waals surface area contributed by atoms with Crippen molar-refractivity contribution in [3.63, 3.8) is 0 Å². The fourth-order valence-corrected chi connectivity index (χ4v) is 2.58. The lowest BCUT2D eigenvalue weighted by Crippen LogP contribution is -2.54. The summed E-state index contributed by atoms with van der Waals surface area (Å²) in [5.41, 5.74) is 0. The van der Waals surface area contributed by atoms with Crippen LogP contribution in [0.25, 0.3) is 0 Å². The van der Waals surface area contributed by atoms with Crippen LogP contribution in [0.5, 0.6) is 0 Å². The summed E-state index contributed by atoms with van der Waals surface area (Å²) in [6.45, 7) is 9.84. The van der Waals surface area contributed by atoms with Gasteiger partial charge in [-0.05, 0) is 51.6 Å². The van der Waals surface area contributed by atoms with Crippen molar-refractivity contribution in [2.24, 2.45) is 11.8 Å². The zero-order valence-corrected chi connectivity index (χ0v) is 8.92. The van der Waals surface area contributed by atoms with Gasteiger partial charge in [0, 0.05) is 19.1 Å². The first-order valence-corrected chi connectivity index (χ1v) is 5.72. The standard InChI is InChI=1S/C11H22N2/c1-9(2)13-7-11(8-13)10-3-5-12-6-4-10/h9-12H,3-8H2,1-2H3. The van der Waals surface area contributed by atoms with Crippen LogP contribution in [0.15, 0.2) is 0 Å². The average molecular weight is 182 g/mol. The van der Waals surface area contributed by atoms with Gasteiger partial charge in [0.1, 0.15) is 0 Å². The van der Waals surface area contributed by atoms with Gasteiger partial charge < -0.3 is 10.2 Å². The largest absolute Gasteiger partial charge is 0.317 e. The first kappa shape index (κ1) is 9.47. The van der Waals surface area contributed by atoms with Crippen molar-refractivity contribution >= 4 is 0 Å².